The van der Waals surface area contributed by atoms with Gasteiger partial charge in [-0.1, -0.05) is 18.2 Å². The van der Waals surface area contributed by atoms with Gasteiger partial charge in [-0.05, 0) is 18.7 Å². The topological polar surface area (TPSA) is 21.3 Å². The second-order valence-corrected chi connectivity index (χ2v) is 2.72. The molecule has 2 nitrogen and oxygen atoms in total. The van der Waals surface area contributed by atoms with Gasteiger partial charge < -0.3 is 10.1 Å². The Hall–Kier alpha value is -1.02. The smallest absolute Gasteiger partial charge is 0.0996 e. The molecule has 66 valence electrons. The molecule has 0 saturated heterocycles. The molecule has 0 aromatic heterocycles. The van der Waals surface area contributed by atoms with Crippen LogP contribution in [0.4, 0.5) is 0 Å². The summed E-state index contributed by atoms with van der Waals surface area (Å²) in [7, 11) is 3.65. The van der Waals surface area contributed by atoms with Crippen LogP contribution in [0.2, 0.25) is 0 Å². The van der Waals surface area contributed by atoms with E-state index in [1.165, 1.54) is 5.57 Å². The number of ether oxygens (including phenoxy) is 1. The fourth-order valence-corrected chi connectivity index (χ4v) is 1.15. The molecular weight excluding hydrogens is 150 g/mol. The van der Waals surface area contributed by atoms with E-state index in [1.54, 1.807) is 7.11 Å². The van der Waals surface area contributed by atoms with Gasteiger partial charge in [0.25, 0.3) is 0 Å². The van der Waals surface area contributed by atoms with Gasteiger partial charge in [0.1, 0.15) is 0 Å². The van der Waals surface area contributed by atoms with Crippen LogP contribution in [0.25, 0.3) is 0 Å². The van der Waals surface area contributed by atoms with E-state index in [0.29, 0.717) is 0 Å². The van der Waals surface area contributed by atoms with Crippen molar-refractivity contribution in [2.24, 2.45) is 0 Å². The van der Waals surface area contributed by atoms with E-state index in [1.807, 2.05) is 7.05 Å². The molecule has 0 aromatic rings. The standard InChI is InChI=1S/C10H15NO/c1-11-8-9-5-3-4-6-10(7-9)12-2/h3-5,7,11H,6,8H2,1-2H3. The zero-order chi connectivity index (χ0) is 8.81. The molecule has 0 atom stereocenters. The van der Waals surface area contributed by atoms with Crippen LogP contribution in [0.15, 0.2) is 35.6 Å². The largest absolute Gasteiger partial charge is 0.501 e. The second-order valence-electron chi connectivity index (χ2n) is 2.72. The van der Waals surface area contributed by atoms with E-state index < -0.39 is 0 Å². The molecule has 1 rings (SSSR count). The maximum absolute atomic E-state index is 5.19. The second kappa shape index (κ2) is 4.78. The molecule has 0 aliphatic heterocycles. The minimum atomic E-state index is 0.886. The molecule has 0 bridgehead atoms. The Bertz CT molecular complexity index is 226. The minimum absolute atomic E-state index is 0.886. The molecule has 0 heterocycles. The number of hydrogen-bond acceptors (Lipinski definition) is 2. The lowest BCUT2D eigenvalue weighted by Crippen LogP contribution is -2.09. The van der Waals surface area contributed by atoms with E-state index in [-0.39, 0.29) is 0 Å². The molecule has 12 heavy (non-hydrogen) atoms. The van der Waals surface area contributed by atoms with Crippen molar-refractivity contribution in [2.75, 3.05) is 20.7 Å². The molecule has 0 radical (unpaired) electrons. The number of allylic oxidation sites excluding steroid dienone is 3. The van der Waals surface area contributed by atoms with Crippen molar-refractivity contribution in [2.45, 2.75) is 6.42 Å². The third-order valence-corrected chi connectivity index (χ3v) is 1.75. The summed E-state index contributed by atoms with van der Waals surface area (Å²) in [6.45, 7) is 0.886. The van der Waals surface area contributed by atoms with Crippen LogP contribution >= 0.6 is 0 Å². The van der Waals surface area contributed by atoms with E-state index in [4.69, 9.17) is 4.74 Å². The first kappa shape index (κ1) is 9.07. The highest BCUT2D eigenvalue weighted by molar-refractivity contribution is 5.30. The molecular formula is C10H15NO. The summed E-state index contributed by atoms with van der Waals surface area (Å²) >= 11 is 0. The highest BCUT2D eigenvalue weighted by atomic mass is 16.5. The van der Waals surface area contributed by atoms with Gasteiger partial charge in [-0.2, -0.15) is 0 Å². The quantitative estimate of drug-likeness (QED) is 0.686. The molecule has 0 amide bonds. The van der Waals surface area contributed by atoms with Crippen molar-refractivity contribution < 1.29 is 4.74 Å². The van der Waals surface area contributed by atoms with Gasteiger partial charge >= 0.3 is 0 Å². The SMILES string of the molecule is CNCC1=CC=CCC(OC)=C1. The predicted octanol–water partition coefficient (Wildman–Crippen LogP) is 1.62. The van der Waals surface area contributed by atoms with Crippen LogP contribution < -0.4 is 5.32 Å². The monoisotopic (exact) mass is 165 g/mol. The first-order chi connectivity index (χ1) is 5.86. The van der Waals surface area contributed by atoms with Crippen LogP contribution in [-0.2, 0) is 4.74 Å². The van der Waals surface area contributed by atoms with Crippen LogP contribution in [0.1, 0.15) is 6.42 Å². The molecule has 0 saturated carbocycles. The highest BCUT2D eigenvalue weighted by Crippen LogP contribution is 2.11. The van der Waals surface area contributed by atoms with Crippen LogP contribution in [0.3, 0.4) is 0 Å². The van der Waals surface area contributed by atoms with E-state index >= 15 is 0 Å². The summed E-state index contributed by atoms with van der Waals surface area (Å²) in [5.74, 6) is 1.02. The zero-order valence-corrected chi connectivity index (χ0v) is 7.63. The summed E-state index contributed by atoms with van der Waals surface area (Å²) in [5, 5.41) is 3.11. The first-order valence-corrected chi connectivity index (χ1v) is 4.11. The van der Waals surface area contributed by atoms with Crippen LogP contribution in [0.5, 0.6) is 0 Å². The van der Waals surface area contributed by atoms with E-state index in [0.717, 1.165) is 18.7 Å². The van der Waals surface area contributed by atoms with Crippen molar-refractivity contribution in [3.8, 4) is 0 Å². The van der Waals surface area contributed by atoms with Crippen molar-refractivity contribution in [3.05, 3.63) is 35.6 Å². The summed E-state index contributed by atoms with van der Waals surface area (Å²) in [6.07, 6.45) is 9.23. The average molecular weight is 165 g/mol. The van der Waals surface area contributed by atoms with E-state index in [9.17, 15) is 0 Å². The summed E-state index contributed by atoms with van der Waals surface area (Å²) in [4.78, 5) is 0. The number of nitrogens with one attached hydrogen (secondary N) is 1. The third-order valence-electron chi connectivity index (χ3n) is 1.75. The minimum Gasteiger partial charge on any atom is -0.501 e. The van der Waals surface area contributed by atoms with Gasteiger partial charge in [0.15, 0.2) is 0 Å². The Balaban J connectivity index is 2.69. The molecule has 2 heteroatoms. The molecule has 0 aromatic carbocycles. The van der Waals surface area contributed by atoms with Gasteiger partial charge in [0.2, 0.25) is 0 Å². The first-order valence-electron chi connectivity index (χ1n) is 4.11. The van der Waals surface area contributed by atoms with Gasteiger partial charge in [0.05, 0.1) is 12.9 Å². The van der Waals surface area contributed by atoms with Crippen LogP contribution in [-0.4, -0.2) is 20.7 Å². The lowest BCUT2D eigenvalue weighted by atomic mass is 10.2. The van der Waals surface area contributed by atoms with Gasteiger partial charge in [-0.15, -0.1) is 0 Å². The van der Waals surface area contributed by atoms with Crippen molar-refractivity contribution >= 4 is 0 Å². The summed E-state index contributed by atoms with van der Waals surface area (Å²) in [5.41, 5.74) is 1.25. The molecule has 0 unspecified atom stereocenters. The maximum atomic E-state index is 5.19. The average Bonchev–Trinajstić information content (AvgIpc) is 2.30. The molecule has 1 N–H and O–H groups in total. The number of methoxy groups -OCH3 is 1. The lowest BCUT2D eigenvalue weighted by molar-refractivity contribution is 0.285. The van der Waals surface area contributed by atoms with Crippen molar-refractivity contribution in [3.63, 3.8) is 0 Å². The molecule has 0 spiro atoms. The van der Waals surface area contributed by atoms with Gasteiger partial charge in [-0.25, -0.2) is 0 Å². The maximum Gasteiger partial charge on any atom is 0.0996 e. The Morgan fingerprint density at radius 3 is 3.08 bits per heavy atom. The fraction of sp³-hybridized carbons (Fsp3) is 0.400. The van der Waals surface area contributed by atoms with Crippen molar-refractivity contribution in [1.29, 1.82) is 0 Å². The zero-order valence-electron chi connectivity index (χ0n) is 7.63. The number of hydrogen-bond donors (Lipinski definition) is 1. The number of rotatable bonds is 3. The fourth-order valence-electron chi connectivity index (χ4n) is 1.15. The van der Waals surface area contributed by atoms with Crippen LogP contribution in [0, 0.1) is 0 Å². The summed E-state index contributed by atoms with van der Waals surface area (Å²) in [6, 6.07) is 0. The molecule has 0 fully saturated rings. The van der Waals surface area contributed by atoms with Crippen molar-refractivity contribution in [1.82, 2.24) is 5.32 Å². The van der Waals surface area contributed by atoms with Gasteiger partial charge in [0, 0.05) is 13.0 Å². The van der Waals surface area contributed by atoms with Gasteiger partial charge in [-0.3, -0.25) is 0 Å². The van der Waals surface area contributed by atoms with E-state index in [2.05, 4.69) is 29.6 Å². The normalized spacial score (nSPS) is 16.5. The number of likely N-dealkylation sites (N-methyl/N-ethyl adjacent to an activating group) is 1. The summed E-state index contributed by atoms with van der Waals surface area (Å²) < 4.78 is 5.19. The lowest BCUT2D eigenvalue weighted by Gasteiger charge is -2.03. The molecule has 1 aliphatic carbocycles. The highest BCUT2D eigenvalue weighted by Gasteiger charge is 1.99. The Labute approximate surface area is 73.6 Å². The Morgan fingerprint density at radius 1 is 1.58 bits per heavy atom. The Morgan fingerprint density at radius 2 is 2.42 bits per heavy atom. The predicted molar refractivity (Wildman–Crippen MR) is 50.9 cm³/mol. The third kappa shape index (κ3) is 2.55. The molecule has 1 aliphatic rings. The Kier molecular flexibility index (Phi) is 3.61.